The maximum Gasteiger partial charge on any atom is 0.195 e. The Bertz CT molecular complexity index is 561. The third-order valence-corrected chi connectivity index (χ3v) is 2.49. The summed E-state index contributed by atoms with van der Waals surface area (Å²) in [6.45, 7) is 0. The Morgan fingerprint density at radius 2 is 1.41 bits per heavy atom. The second-order valence-corrected chi connectivity index (χ2v) is 3.80. The molecule has 0 saturated heterocycles. The number of hydrogen-bond acceptors (Lipinski definition) is 4. The number of rotatable bonds is 2. The molecule has 17 heavy (non-hydrogen) atoms. The monoisotopic (exact) mass is 227 g/mol. The van der Waals surface area contributed by atoms with E-state index in [4.69, 9.17) is 17.2 Å². The number of benzene rings is 2. The summed E-state index contributed by atoms with van der Waals surface area (Å²) < 4.78 is 0. The van der Waals surface area contributed by atoms with Crippen LogP contribution in [-0.4, -0.2) is 5.78 Å². The Morgan fingerprint density at radius 1 is 0.824 bits per heavy atom. The normalized spacial score (nSPS) is 10.1. The standard InChI is InChI=1S/C13H13N3O/c14-9-3-1-8(2-4-9)13(17)11-7-10(15)5-6-12(11)16/h1-7H,14-16H2. The van der Waals surface area contributed by atoms with Crippen molar-refractivity contribution in [3.8, 4) is 0 Å². The van der Waals surface area contributed by atoms with E-state index in [0.29, 0.717) is 28.2 Å². The maximum atomic E-state index is 12.2. The average molecular weight is 227 g/mol. The number of carbonyl (C=O) groups excluding carboxylic acids is 1. The van der Waals surface area contributed by atoms with E-state index >= 15 is 0 Å². The van der Waals surface area contributed by atoms with Crippen LogP contribution < -0.4 is 17.2 Å². The van der Waals surface area contributed by atoms with E-state index in [2.05, 4.69) is 0 Å². The van der Waals surface area contributed by atoms with E-state index < -0.39 is 0 Å². The fourth-order valence-corrected chi connectivity index (χ4v) is 1.56. The van der Waals surface area contributed by atoms with Crippen molar-refractivity contribution >= 4 is 22.8 Å². The lowest BCUT2D eigenvalue weighted by Gasteiger charge is -2.06. The topological polar surface area (TPSA) is 95.1 Å². The van der Waals surface area contributed by atoms with Gasteiger partial charge in [-0.25, -0.2) is 0 Å². The molecule has 86 valence electrons. The molecule has 2 aromatic carbocycles. The molecular weight excluding hydrogens is 214 g/mol. The van der Waals surface area contributed by atoms with E-state index in [9.17, 15) is 4.79 Å². The van der Waals surface area contributed by atoms with Crippen molar-refractivity contribution in [2.24, 2.45) is 0 Å². The first-order valence-electron chi connectivity index (χ1n) is 5.13. The Kier molecular flexibility index (Phi) is 2.70. The van der Waals surface area contributed by atoms with Crippen LogP contribution in [0.15, 0.2) is 42.5 Å². The Labute approximate surface area is 99.0 Å². The lowest BCUT2D eigenvalue weighted by molar-refractivity contribution is 0.103. The van der Waals surface area contributed by atoms with Gasteiger partial charge in [-0.05, 0) is 42.5 Å². The van der Waals surface area contributed by atoms with Crippen LogP contribution in [0, 0.1) is 0 Å². The van der Waals surface area contributed by atoms with Gasteiger partial charge in [0, 0.05) is 28.2 Å². The zero-order valence-corrected chi connectivity index (χ0v) is 9.18. The molecule has 4 nitrogen and oxygen atoms in total. The molecule has 4 heteroatoms. The summed E-state index contributed by atoms with van der Waals surface area (Å²) in [6.07, 6.45) is 0. The number of nitrogens with two attached hydrogens (primary N) is 3. The third kappa shape index (κ3) is 2.20. The van der Waals surface area contributed by atoms with Gasteiger partial charge in [-0.1, -0.05) is 0 Å². The summed E-state index contributed by atoms with van der Waals surface area (Å²) in [6, 6.07) is 11.6. The van der Waals surface area contributed by atoms with Crippen molar-refractivity contribution in [2.45, 2.75) is 0 Å². The average Bonchev–Trinajstić information content (AvgIpc) is 2.32. The van der Waals surface area contributed by atoms with Gasteiger partial charge in [-0.2, -0.15) is 0 Å². The first kappa shape index (κ1) is 11.0. The van der Waals surface area contributed by atoms with Crippen molar-refractivity contribution in [1.82, 2.24) is 0 Å². The van der Waals surface area contributed by atoms with E-state index in [-0.39, 0.29) is 5.78 Å². The van der Waals surface area contributed by atoms with Gasteiger partial charge in [0.05, 0.1) is 0 Å². The lowest BCUT2D eigenvalue weighted by Crippen LogP contribution is -2.06. The van der Waals surface area contributed by atoms with E-state index in [1.54, 1.807) is 42.5 Å². The Balaban J connectivity index is 2.43. The van der Waals surface area contributed by atoms with Gasteiger partial charge in [-0.15, -0.1) is 0 Å². The van der Waals surface area contributed by atoms with Gasteiger partial charge in [0.25, 0.3) is 0 Å². The van der Waals surface area contributed by atoms with E-state index in [1.165, 1.54) is 0 Å². The molecule has 0 aliphatic carbocycles. The fraction of sp³-hybridized carbons (Fsp3) is 0. The van der Waals surface area contributed by atoms with Gasteiger partial charge in [-0.3, -0.25) is 4.79 Å². The molecule has 0 bridgehead atoms. The molecule has 0 aromatic heterocycles. The summed E-state index contributed by atoms with van der Waals surface area (Å²) in [7, 11) is 0. The smallest absolute Gasteiger partial charge is 0.195 e. The number of nitrogen functional groups attached to an aromatic ring is 3. The van der Waals surface area contributed by atoms with Crippen molar-refractivity contribution in [3.63, 3.8) is 0 Å². The van der Waals surface area contributed by atoms with Gasteiger partial charge < -0.3 is 17.2 Å². The molecule has 0 aliphatic heterocycles. The van der Waals surface area contributed by atoms with Crippen molar-refractivity contribution in [1.29, 1.82) is 0 Å². The zero-order chi connectivity index (χ0) is 12.4. The lowest BCUT2D eigenvalue weighted by atomic mass is 10.0. The Morgan fingerprint density at radius 3 is 2.06 bits per heavy atom. The van der Waals surface area contributed by atoms with Gasteiger partial charge >= 0.3 is 0 Å². The van der Waals surface area contributed by atoms with Gasteiger partial charge in [0.2, 0.25) is 0 Å². The van der Waals surface area contributed by atoms with E-state index in [1.807, 2.05) is 0 Å². The van der Waals surface area contributed by atoms with Crippen molar-refractivity contribution in [2.75, 3.05) is 17.2 Å². The largest absolute Gasteiger partial charge is 0.399 e. The molecule has 0 unspecified atom stereocenters. The zero-order valence-electron chi connectivity index (χ0n) is 9.18. The first-order chi connectivity index (χ1) is 8.08. The van der Waals surface area contributed by atoms with E-state index in [0.717, 1.165) is 0 Å². The highest BCUT2D eigenvalue weighted by molar-refractivity contribution is 6.12. The van der Waals surface area contributed by atoms with Crippen LogP contribution in [0.1, 0.15) is 15.9 Å². The minimum Gasteiger partial charge on any atom is -0.399 e. The van der Waals surface area contributed by atoms with Crippen LogP contribution in [0.4, 0.5) is 17.1 Å². The quantitative estimate of drug-likeness (QED) is 0.537. The highest BCUT2D eigenvalue weighted by Crippen LogP contribution is 2.20. The van der Waals surface area contributed by atoms with Gasteiger partial charge in [0.15, 0.2) is 5.78 Å². The summed E-state index contributed by atoms with van der Waals surface area (Å²) >= 11 is 0. The van der Waals surface area contributed by atoms with Crippen molar-refractivity contribution in [3.05, 3.63) is 53.6 Å². The number of anilines is 3. The summed E-state index contributed by atoms with van der Waals surface area (Å²) in [5.41, 5.74) is 19.5. The third-order valence-electron chi connectivity index (χ3n) is 2.49. The summed E-state index contributed by atoms with van der Waals surface area (Å²) in [4.78, 5) is 12.2. The molecule has 0 radical (unpaired) electrons. The molecule has 0 aliphatic rings. The van der Waals surface area contributed by atoms with Crippen LogP contribution in [0.3, 0.4) is 0 Å². The highest BCUT2D eigenvalue weighted by atomic mass is 16.1. The summed E-state index contributed by atoms with van der Waals surface area (Å²) in [5.74, 6) is -0.158. The van der Waals surface area contributed by atoms with Crippen LogP contribution in [0.25, 0.3) is 0 Å². The molecule has 0 heterocycles. The van der Waals surface area contributed by atoms with Crippen LogP contribution >= 0.6 is 0 Å². The van der Waals surface area contributed by atoms with Gasteiger partial charge in [0.1, 0.15) is 0 Å². The first-order valence-corrected chi connectivity index (χ1v) is 5.13. The molecular formula is C13H13N3O. The van der Waals surface area contributed by atoms with Crippen LogP contribution in [-0.2, 0) is 0 Å². The molecule has 2 rings (SSSR count). The molecule has 0 atom stereocenters. The molecule has 0 saturated carbocycles. The van der Waals surface area contributed by atoms with Crippen molar-refractivity contribution < 1.29 is 4.79 Å². The maximum absolute atomic E-state index is 12.2. The highest BCUT2D eigenvalue weighted by Gasteiger charge is 2.12. The fourth-order valence-electron chi connectivity index (χ4n) is 1.56. The van der Waals surface area contributed by atoms with Crippen LogP contribution in [0.2, 0.25) is 0 Å². The molecule has 0 spiro atoms. The minimum atomic E-state index is -0.158. The number of carbonyl (C=O) groups is 1. The minimum absolute atomic E-state index is 0.158. The number of ketones is 1. The molecule has 2 aromatic rings. The summed E-state index contributed by atoms with van der Waals surface area (Å²) in [5, 5.41) is 0. The predicted octanol–water partition coefficient (Wildman–Crippen LogP) is 1.66. The SMILES string of the molecule is Nc1ccc(C(=O)c2cc(N)ccc2N)cc1. The molecule has 0 fully saturated rings. The predicted molar refractivity (Wildman–Crippen MR) is 69.6 cm³/mol. The molecule has 0 amide bonds. The second kappa shape index (κ2) is 4.17. The Hall–Kier alpha value is -2.49. The second-order valence-electron chi connectivity index (χ2n) is 3.80. The number of hydrogen-bond donors (Lipinski definition) is 3. The van der Waals surface area contributed by atoms with Crippen LogP contribution in [0.5, 0.6) is 0 Å². The molecule has 6 N–H and O–H groups in total.